The number of aryl methyl sites for hydroxylation is 1. The Morgan fingerprint density at radius 3 is 1.89 bits per heavy atom. The number of hydrogen-bond donors (Lipinski definition) is 2. The summed E-state index contributed by atoms with van der Waals surface area (Å²) in [6, 6.07) is 11.0. The van der Waals surface area contributed by atoms with E-state index in [9.17, 15) is 18.4 Å². The van der Waals surface area contributed by atoms with Gasteiger partial charge in [0.2, 0.25) is 11.8 Å². The fourth-order valence-electron chi connectivity index (χ4n) is 3.41. The van der Waals surface area contributed by atoms with Crippen molar-refractivity contribution in [2.24, 2.45) is 11.8 Å². The van der Waals surface area contributed by atoms with Crippen molar-refractivity contribution < 1.29 is 18.4 Å². The van der Waals surface area contributed by atoms with Crippen molar-refractivity contribution in [1.82, 2.24) is 0 Å². The molecule has 2 N–H and O–H groups in total. The van der Waals surface area contributed by atoms with Crippen molar-refractivity contribution in [3.05, 3.63) is 59.7 Å². The molecule has 27 heavy (non-hydrogen) atoms. The summed E-state index contributed by atoms with van der Waals surface area (Å²) in [7, 11) is 0. The number of nitrogens with one attached hydrogen (secondary N) is 2. The lowest BCUT2D eigenvalue weighted by molar-refractivity contribution is -0.125. The molecule has 0 saturated heterocycles. The molecule has 2 amide bonds. The molecular weight excluding hydrogens is 350 g/mol. The third kappa shape index (κ3) is 4.51. The second-order valence-electron chi connectivity index (χ2n) is 6.94. The molecule has 0 atom stereocenters. The van der Waals surface area contributed by atoms with E-state index in [0.29, 0.717) is 25.7 Å². The maximum Gasteiger partial charge on any atom is 0.227 e. The highest BCUT2D eigenvalue weighted by Gasteiger charge is 2.30. The van der Waals surface area contributed by atoms with Gasteiger partial charge in [-0.25, -0.2) is 8.78 Å². The molecule has 0 bridgehead atoms. The van der Waals surface area contributed by atoms with Gasteiger partial charge in [0.05, 0.1) is 0 Å². The molecule has 0 spiro atoms. The van der Waals surface area contributed by atoms with Gasteiger partial charge in [0, 0.05) is 17.5 Å². The lowest BCUT2D eigenvalue weighted by Crippen LogP contribution is -2.32. The Balaban J connectivity index is 1.54. The summed E-state index contributed by atoms with van der Waals surface area (Å²) < 4.78 is 27.4. The minimum absolute atomic E-state index is 0.0525. The first-order valence-electron chi connectivity index (χ1n) is 9.07. The largest absolute Gasteiger partial charge is 0.326 e. The van der Waals surface area contributed by atoms with Crippen LogP contribution in [0.25, 0.3) is 0 Å². The molecular formula is C21H22F2N2O2. The van der Waals surface area contributed by atoms with Crippen LogP contribution >= 0.6 is 0 Å². The fourth-order valence-corrected chi connectivity index (χ4v) is 3.41. The zero-order valence-corrected chi connectivity index (χ0v) is 15.1. The number of benzene rings is 2. The van der Waals surface area contributed by atoms with E-state index in [2.05, 4.69) is 10.6 Å². The minimum atomic E-state index is -0.797. The van der Waals surface area contributed by atoms with E-state index in [-0.39, 0.29) is 17.7 Å². The van der Waals surface area contributed by atoms with Gasteiger partial charge < -0.3 is 10.6 Å². The SMILES string of the molecule is Cc1ccccc1NC(=O)C1CCC(C(=O)Nc2c(F)cccc2F)CC1. The Bertz CT molecular complexity index is 826. The van der Waals surface area contributed by atoms with E-state index in [0.717, 1.165) is 23.4 Å². The van der Waals surface area contributed by atoms with Crippen molar-refractivity contribution in [3.8, 4) is 0 Å². The highest BCUT2D eigenvalue weighted by molar-refractivity contribution is 5.95. The summed E-state index contributed by atoms with van der Waals surface area (Å²) in [5.74, 6) is -2.57. The second kappa shape index (κ2) is 8.29. The maximum atomic E-state index is 13.7. The van der Waals surface area contributed by atoms with Crippen LogP contribution in [0, 0.1) is 30.4 Å². The molecule has 1 saturated carbocycles. The average molecular weight is 372 g/mol. The predicted molar refractivity (Wildman–Crippen MR) is 100 cm³/mol. The Morgan fingerprint density at radius 2 is 1.33 bits per heavy atom. The van der Waals surface area contributed by atoms with Gasteiger partial charge in [-0.1, -0.05) is 24.3 Å². The van der Waals surface area contributed by atoms with Crippen LogP contribution in [0.15, 0.2) is 42.5 Å². The summed E-state index contributed by atoms with van der Waals surface area (Å²) in [5.41, 5.74) is 1.37. The van der Waals surface area contributed by atoms with Gasteiger partial charge in [0.15, 0.2) is 0 Å². The van der Waals surface area contributed by atoms with Crippen LogP contribution < -0.4 is 10.6 Å². The lowest BCUT2D eigenvalue weighted by Gasteiger charge is -2.27. The van der Waals surface area contributed by atoms with Crippen LogP contribution in [0.3, 0.4) is 0 Å². The zero-order valence-electron chi connectivity index (χ0n) is 15.1. The fraction of sp³-hybridized carbons (Fsp3) is 0.333. The smallest absolute Gasteiger partial charge is 0.227 e. The molecule has 4 nitrogen and oxygen atoms in total. The summed E-state index contributed by atoms with van der Waals surface area (Å²) in [6.45, 7) is 1.93. The lowest BCUT2D eigenvalue weighted by atomic mass is 9.81. The molecule has 1 fully saturated rings. The molecule has 0 unspecified atom stereocenters. The summed E-state index contributed by atoms with van der Waals surface area (Å²) >= 11 is 0. The van der Waals surface area contributed by atoms with Crippen LogP contribution in [0.1, 0.15) is 31.2 Å². The van der Waals surface area contributed by atoms with Crippen LogP contribution in [0.2, 0.25) is 0 Å². The topological polar surface area (TPSA) is 58.2 Å². The maximum absolute atomic E-state index is 13.7. The number of anilines is 2. The van der Waals surface area contributed by atoms with E-state index in [4.69, 9.17) is 0 Å². The standard InChI is InChI=1S/C21H22F2N2O2/c1-13-5-2-3-8-18(13)24-20(26)14-9-11-15(12-10-14)21(27)25-19-16(22)6-4-7-17(19)23/h2-8,14-15H,9-12H2,1H3,(H,24,26)(H,25,27). The quantitative estimate of drug-likeness (QED) is 0.820. The zero-order chi connectivity index (χ0) is 19.4. The van der Waals surface area contributed by atoms with E-state index >= 15 is 0 Å². The normalized spacial score (nSPS) is 19.4. The van der Waals surface area contributed by atoms with Crippen molar-refractivity contribution >= 4 is 23.2 Å². The molecule has 2 aromatic carbocycles. The van der Waals surface area contributed by atoms with Crippen molar-refractivity contribution in [3.63, 3.8) is 0 Å². The monoisotopic (exact) mass is 372 g/mol. The third-order valence-electron chi connectivity index (χ3n) is 5.08. The molecule has 1 aliphatic carbocycles. The van der Waals surface area contributed by atoms with Crippen LogP contribution in [0.4, 0.5) is 20.2 Å². The summed E-state index contributed by atoms with van der Waals surface area (Å²) in [6.07, 6.45) is 2.15. The van der Waals surface area contributed by atoms with Crippen LogP contribution in [-0.4, -0.2) is 11.8 Å². The van der Waals surface area contributed by atoms with Crippen LogP contribution in [0.5, 0.6) is 0 Å². The van der Waals surface area contributed by atoms with E-state index < -0.39 is 23.2 Å². The van der Waals surface area contributed by atoms with Gasteiger partial charge in [0.25, 0.3) is 0 Å². The number of hydrogen-bond acceptors (Lipinski definition) is 2. The van der Waals surface area contributed by atoms with Gasteiger partial charge in [-0.05, 0) is 56.4 Å². The number of rotatable bonds is 4. The minimum Gasteiger partial charge on any atom is -0.326 e. The Labute approximate surface area is 157 Å². The number of halogens is 2. The average Bonchev–Trinajstić information content (AvgIpc) is 2.66. The second-order valence-corrected chi connectivity index (χ2v) is 6.94. The molecule has 2 aromatic rings. The molecule has 0 heterocycles. The van der Waals surface area contributed by atoms with E-state index in [1.54, 1.807) is 0 Å². The third-order valence-corrected chi connectivity index (χ3v) is 5.08. The first kappa shape index (κ1) is 19.0. The Hall–Kier alpha value is -2.76. The molecule has 0 radical (unpaired) electrons. The molecule has 0 aromatic heterocycles. The van der Waals surface area contributed by atoms with Crippen molar-refractivity contribution in [2.75, 3.05) is 10.6 Å². The molecule has 6 heteroatoms. The number of carbonyl (C=O) groups excluding carboxylic acids is 2. The van der Waals surface area contributed by atoms with Gasteiger partial charge in [-0.3, -0.25) is 9.59 Å². The van der Waals surface area contributed by atoms with Gasteiger partial charge in [0.1, 0.15) is 17.3 Å². The highest BCUT2D eigenvalue weighted by atomic mass is 19.1. The first-order valence-corrected chi connectivity index (χ1v) is 9.07. The predicted octanol–water partition coefficient (Wildman–Crippen LogP) is 4.66. The van der Waals surface area contributed by atoms with E-state index in [1.165, 1.54) is 6.07 Å². The van der Waals surface area contributed by atoms with E-state index in [1.807, 2.05) is 31.2 Å². The molecule has 0 aliphatic heterocycles. The number of amides is 2. The van der Waals surface area contributed by atoms with Gasteiger partial charge >= 0.3 is 0 Å². The molecule has 1 aliphatic rings. The Kier molecular flexibility index (Phi) is 5.84. The summed E-state index contributed by atoms with van der Waals surface area (Å²) in [4.78, 5) is 24.8. The first-order chi connectivity index (χ1) is 13.0. The number of para-hydroxylation sites is 2. The summed E-state index contributed by atoms with van der Waals surface area (Å²) in [5, 5.41) is 5.29. The molecule has 3 rings (SSSR count). The van der Waals surface area contributed by atoms with Crippen molar-refractivity contribution in [1.29, 1.82) is 0 Å². The van der Waals surface area contributed by atoms with Gasteiger partial charge in [-0.15, -0.1) is 0 Å². The number of carbonyl (C=O) groups is 2. The highest BCUT2D eigenvalue weighted by Crippen LogP contribution is 2.31. The molecule has 142 valence electrons. The van der Waals surface area contributed by atoms with Gasteiger partial charge in [-0.2, -0.15) is 0 Å². The van der Waals surface area contributed by atoms with Crippen LogP contribution in [-0.2, 0) is 9.59 Å². The Morgan fingerprint density at radius 1 is 0.815 bits per heavy atom. The van der Waals surface area contributed by atoms with Crippen molar-refractivity contribution in [2.45, 2.75) is 32.6 Å².